The number of hydrogen-bond acceptors (Lipinski definition) is 6. The number of nitrogens with zero attached hydrogens (tertiary/aromatic N) is 1. The molecule has 0 aliphatic carbocycles. The van der Waals surface area contributed by atoms with Crippen LogP contribution in [-0.2, 0) is 33.4 Å². The number of anilines is 2. The van der Waals surface area contributed by atoms with E-state index in [2.05, 4.69) is 10.6 Å². The Morgan fingerprint density at radius 1 is 0.857 bits per heavy atom. The number of amides is 3. The first kappa shape index (κ1) is 32.3. The second kappa shape index (κ2) is 15.1. The van der Waals surface area contributed by atoms with Gasteiger partial charge in [-0.05, 0) is 60.7 Å². The SMILES string of the molecule is NCCN(C(=O)CN)c1ccc(C[C@H](N)C(=O)N[C@@H](CCc2ccccc2)C(=O)Nc2cccc(C(F)(F)F)c2)cc1. The van der Waals surface area contributed by atoms with Crippen LogP contribution in [0.5, 0.6) is 0 Å². The Morgan fingerprint density at radius 3 is 2.17 bits per heavy atom. The summed E-state index contributed by atoms with van der Waals surface area (Å²) in [5.74, 6) is -1.55. The molecule has 0 bridgehead atoms. The van der Waals surface area contributed by atoms with Gasteiger partial charge < -0.3 is 32.7 Å². The van der Waals surface area contributed by atoms with Crippen molar-refractivity contribution in [1.29, 1.82) is 0 Å². The summed E-state index contributed by atoms with van der Waals surface area (Å²) >= 11 is 0. The van der Waals surface area contributed by atoms with Crippen molar-refractivity contribution in [2.24, 2.45) is 17.2 Å². The normalized spacial score (nSPS) is 12.7. The number of nitrogens with two attached hydrogens (primary N) is 3. The number of hydrogen-bond donors (Lipinski definition) is 5. The monoisotopic (exact) mass is 584 g/mol. The summed E-state index contributed by atoms with van der Waals surface area (Å²) in [7, 11) is 0. The number of halogens is 3. The maximum atomic E-state index is 13.1. The molecule has 0 fully saturated rings. The Bertz CT molecular complexity index is 1340. The predicted molar refractivity (Wildman–Crippen MR) is 155 cm³/mol. The third-order valence-electron chi connectivity index (χ3n) is 6.52. The van der Waals surface area contributed by atoms with Gasteiger partial charge in [0.2, 0.25) is 17.7 Å². The van der Waals surface area contributed by atoms with Crippen molar-refractivity contribution in [2.45, 2.75) is 37.5 Å². The van der Waals surface area contributed by atoms with Gasteiger partial charge in [-0.2, -0.15) is 13.2 Å². The summed E-state index contributed by atoms with van der Waals surface area (Å²) in [6.07, 6.45) is -3.82. The van der Waals surface area contributed by atoms with Gasteiger partial charge in [-0.3, -0.25) is 14.4 Å². The van der Waals surface area contributed by atoms with E-state index < -0.39 is 35.6 Å². The van der Waals surface area contributed by atoms with Crippen molar-refractivity contribution in [2.75, 3.05) is 29.9 Å². The van der Waals surface area contributed by atoms with Gasteiger partial charge >= 0.3 is 6.18 Å². The van der Waals surface area contributed by atoms with Crippen molar-refractivity contribution >= 4 is 29.1 Å². The Morgan fingerprint density at radius 2 is 1.55 bits per heavy atom. The molecule has 0 aliphatic heterocycles. The van der Waals surface area contributed by atoms with Crippen LogP contribution in [0.2, 0.25) is 0 Å². The third-order valence-corrected chi connectivity index (χ3v) is 6.52. The highest BCUT2D eigenvalue weighted by atomic mass is 19.4. The van der Waals surface area contributed by atoms with Crippen molar-refractivity contribution in [3.05, 3.63) is 95.6 Å². The number of carbonyl (C=O) groups is 3. The highest BCUT2D eigenvalue weighted by Crippen LogP contribution is 2.30. The molecule has 8 N–H and O–H groups in total. The average Bonchev–Trinajstić information content (AvgIpc) is 2.98. The average molecular weight is 585 g/mol. The van der Waals surface area contributed by atoms with E-state index >= 15 is 0 Å². The Balaban J connectivity index is 1.70. The van der Waals surface area contributed by atoms with Gasteiger partial charge in [0.1, 0.15) is 6.04 Å². The third kappa shape index (κ3) is 9.40. The van der Waals surface area contributed by atoms with E-state index in [0.29, 0.717) is 24.2 Å². The van der Waals surface area contributed by atoms with Crippen LogP contribution in [0, 0.1) is 0 Å². The van der Waals surface area contributed by atoms with Crippen molar-refractivity contribution < 1.29 is 27.6 Å². The van der Waals surface area contributed by atoms with Gasteiger partial charge in [-0.25, -0.2) is 0 Å². The highest BCUT2D eigenvalue weighted by molar-refractivity contribution is 5.98. The zero-order valence-corrected chi connectivity index (χ0v) is 22.9. The van der Waals surface area contributed by atoms with Crippen LogP contribution in [0.4, 0.5) is 24.5 Å². The van der Waals surface area contributed by atoms with Crippen LogP contribution >= 0.6 is 0 Å². The number of nitrogens with one attached hydrogen (secondary N) is 2. The lowest BCUT2D eigenvalue weighted by atomic mass is 10.0. The lowest BCUT2D eigenvalue weighted by Gasteiger charge is -2.22. The number of benzene rings is 3. The van der Waals surface area contributed by atoms with Crippen molar-refractivity contribution in [1.82, 2.24) is 5.32 Å². The second-order valence-electron chi connectivity index (χ2n) is 9.67. The first-order chi connectivity index (χ1) is 20.0. The quantitative estimate of drug-likeness (QED) is 0.208. The summed E-state index contributed by atoms with van der Waals surface area (Å²) in [6.45, 7) is 0.384. The number of carbonyl (C=O) groups excluding carboxylic acids is 3. The molecule has 0 radical (unpaired) electrons. The zero-order valence-electron chi connectivity index (χ0n) is 22.9. The molecular formula is C30H35F3N6O3. The summed E-state index contributed by atoms with van der Waals surface area (Å²) in [4.78, 5) is 39.8. The standard InChI is InChI=1S/C30H35F3N6O3/c31-30(32,33)22-7-4-8-23(18-22)37-29(42)26(14-11-20-5-2-1-3-6-20)38-28(41)25(36)17-21-9-12-24(13-10-21)39(16-15-34)27(40)19-35/h1-10,12-13,18,25-26H,11,14-17,19,34-36H2,(H,37,42)(H,38,41)/t25-,26-/m0/s1. The fourth-order valence-electron chi connectivity index (χ4n) is 4.30. The number of rotatable bonds is 13. The molecule has 0 saturated carbocycles. The smallest absolute Gasteiger partial charge is 0.343 e. The van der Waals surface area contributed by atoms with Gasteiger partial charge in [0.25, 0.3) is 0 Å². The summed E-state index contributed by atoms with van der Waals surface area (Å²) in [6, 6.07) is 18.3. The van der Waals surface area contributed by atoms with E-state index in [1.807, 2.05) is 30.3 Å². The molecule has 3 amide bonds. The molecule has 2 atom stereocenters. The highest BCUT2D eigenvalue weighted by Gasteiger charge is 2.31. The number of aryl methyl sites for hydroxylation is 1. The predicted octanol–water partition coefficient (Wildman–Crippen LogP) is 2.58. The van der Waals surface area contributed by atoms with Gasteiger partial charge in [0.15, 0.2) is 0 Å². The lowest BCUT2D eigenvalue weighted by Crippen LogP contribution is -2.50. The Hall–Kier alpha value is -4.26. The molecular weight excluding hydrogens is 549 g/mol. The van der Waals surface area contributed by atoms with E-state index in [1.165, 1.54) is 17.0 Å². The van der Waals surface area contributed by atoms with E-state index in [0.717, 1.165) is 17.7 Å². The fraction of sp³-hybridized carbons (Fsp3) is 0.300. The van der Waals surface area contributed by atoms with Gasteiger partial charge in [0, 0.05) is 24.5 Å². The second-order valence-corrected chi connectivity index (χ2v) is 9.67. The topological polar surface area (TPSA) is 157 Å². The van der Waals surface area contributed by atoms with Crippen LogP contribution in [0.3, 0.4) is 0 Å². The van der Waals surface area contributed by atoms with Crippen LogP contribution in [0.1, 0.15) is 23.1 Å². The van der Waals surface area contributed by atoms with E-state index in [9.17, 15) is 27.6 Å². The minimum Gasteiger partial charge on any atom is -0.343 e. The van der Waals surface area contributed by atoms with Crippen LogP contribution in [-0.4, -0.2) is 49.4 Å². The molecule has 9 nitrogen and oxygen atoms in total. The van der Waals surface area contributed by atoms with Crippen LogP contribution < -0.4 is 32.7 Å². The van der Waals surface area contributed by atoms with Gasteiger partial charge in [-0.1, -0.05) is 48.5 Å². The largest absolute Gasteiger partial charge is 0.416 e. The van der Waals surface area contributed by atoms with Crippen molar-refractivity contribution in [3.63, 3.8) is 0 Å². The summed E-state index contributed by atoms with van der Waals surface area (Å²) in [5.41, 5.74) is 18.5. The summed E-state index contributed by atoms with van der Waals surface area (Å²) < 4.78 is 39.4. The minimum atomic E-state index is -4.57. The van der Waals surface area contributed by atoms with Gasteiger partial charge in [0.05, 0.1) is 18.2 Å². The summed E-state index contributed by atoms with van der Waals surface area (Å²) in [5, 5.41) is 5.14. The lowest BCUT2D eigenvalue weighted by molar-refractivity contribution is -0.137. The van der Waals surface area contributed by atoms with Crippen LogP contribution in [0.15, 0.2) is 78.9 Å². The Kier molecular flexibility index (Phi) is 11.6. The molecule has 0 aromatic heterocycles. The number of alkyl halides is 3. The molecule has 3 aromatic carbocycles. The van der Waals surface area contributed by atoms with E-state index in [-0.39, 0.29) is 37.5 Å². The molecule has 0 spiro atoms. The first-order valence-corrected chi connectivity index (χ1v) is 13.4. The van der Waals surface area contributed by atoms with Gasteiger partial charge in [-0.15, -0.1) is 0 Å². The first-order valence-electron chi connectivity index (χ1n) is 13.4. The molecule has 0 aliphatic rings. The molecule has 3 aromatic rings. The Labute approximate surface area is 242 Å². The fourth-order valence-corrected chi connectivity index (χ4v) is 4.30. The molecule has 12 heteroatoms. The molecule has 224 valence electrons. The van der Waals surface area contributed by atoms with E-state index in [4.69, 9.17) is 17.2 Å². The molecule has 0 unspecified atom stereocenters. The van der Waals surface area contributed by atoms with E-state index in [1.54, 1.807) is 24.3 Å². The van der Waals surface area contributed by atoms with Crippen LogP contribution in [0.25, 0.3) is 0 Å². The molecule has 0 saturated heterocycles. The molecule has 42 heavy (non-hydrogen) atoms. The molecule has 0 heterocycles. The van der Waals surface area contributed by atoms with Crippen molar-refractivity contribution in [3.8, 4) is 0 Å². The minimum absolute atomic E-state index is 0.0463. The zero-order chi connectivity index (χ0) is 30.7. The maximum absolute atomic E-state index is 13.1. The maximum Gasteiger partial charge on any atom is 0.416 e. The molecule has 3 rings (SSSR count).